The molecule has 0 aliphatic carbocycles. The lowest BCUT2D eigenvalue weighted by molar-refractivity contribution is 0.353. The Morgan fingerprint density at radius 3 is 1.50 bits per heavy atom. The summed E-state index contributed by atoms with van der Waals surface area (Å²) in [5.74, 6) is 0. The first-order valence-corrected chi connectivity index (χ1v) is 5.11. The fourth-order valence-corrected chi connectivity index (χ4v) is 0.540. The molecule has 0 unspecified atom stereocenters. The van der Waals surface area contributed by atoms with Crippen LogP contribution in [0.1, 0.15) is 41.0 Å². The molecule has 0 atom stereocenters. The van der Waals surface area contributed by atoms with E-state index in [9.17, 15) is 0 Å². The highest BCUT2D eigenvalue weighted by Gasteiger charge is 1.86. The Morgan fingerprint density at radius 1 is 1.08 bits per heavy atom. The quantitative estimate of drug-likeness (QED) is 0.715. The van der Waals surface area contributed by atoms with Crippen LogP contribution in [0.25, 0.3) is 0 Å². The van der Waals surface area contributed by atoms with Gasteiger partial charge in [-0.05, 0) is 33.1 Å². The number of rotatable bonds is 3. The Bertz CT molecular complexity index is 47.1. The van der Waals surface area contributed by atoms with Gasteiger partial charge in [0.2, 0.25) is 0 Å². The van der Waals surface area contributed by atoms with E-state index in [4.69, 9.17) is 5.73 Å². The lowest BCUT2D eigenvalue weighted by Gasteiger charge is -2.10. The highest BCUT2D eigenvalue weighted by Crippen LogP contribution is 1.82. The maximum atomic E-state index is 4.85. The molecule has 0 amide bonds. The second kappa shape index (κ2) is 22.4. The van der Waals surface area contributed by atoms with E-state index in [1.165, 1.54) is 19.5 Å². The molecule has 12 heavy (non-hydrogen) atoms. The first-order valence-electron chi connectivity index (χ1n) is 5.11. The van der Waals surface area contributed by atoms with Gasteiger partial charge in [0.1, 0.15) is 0 Å². The standard InChI is InChI=1S/C6H15N.C2H7N.C2H6/c1-4-6-7(3)5-2;1-2-3;1-2/h4-6H2,1-3H3;2-3H2,1H3;1-2H3. The monoisotopic (exact) mass is 176 g/mol. The summed E-state index contributed by atoms with van der Waals surface area (Å²) in [5, 5.41) is 0. The van der Waals surface area contributed by atoms with Crippen molar-refractivity contribution in [1.82, 2.24) is 4.90 Å². The third-order valence-electron chi connectivity index (χ3n) is 1.15. The molecule has 2 nitrogen and oxygen atoms in total. The number of nitrogens with two attached hydrogens (primary N) is 1. The van der Waals surface area contributed by atoms with Crippen molar-refractivity contribution in [2.75, 3.05) is 26.7 Å². The second-order valence-electron chi connectivity index (χ2n) is 2.30. The van der Waals surface area contributed by atoms with E-state index in [2.05, 4.69) is 25.8 Å². The minimum absolute atomic E-state index is 0.750. The van der Waals surface area contributed by atoms with Crippen LogP contribution >= 0.6 is 0 Å². The lowest BCUT2D eigenvalue weighted by Crippen LogP contribution is -2.17. The molecule has 0 fully saturated rings. The Kier molecular flexibility index (Phi) is 33.4. The van der Waals surface area contributed by atoms with Crippen LogP contribution in [0.2, 0.25) is 0 Å². The van der Waals surface area contributed by atoms with E-state index < -0.39 is 0 Å². The molecule has 0 aliphatic heterocycles. The molecule has 0 saturated heterocycles. The maximum Gasteiger partial charge on any atom is -0.00245 e. The van der Waals surface area contributed by atoms with Crippen LogP contribution in [0.5, 0.6) is 0 Å². The first kappa shape index (κ1) is 17.9. The third-order valence-corrected chi connectivity index (χ3v) is 1.15. The Morgan fingerprint density at radius 2 is 1.42 bits per heavy atom. The molecule has 0 radical (unpaired) electrons. The molecule has 0 aromatic carbocycles. The topological polar surface area (TPSA) is 29.3 Å². The Hall–Kier alpha value is -0.0800. The zero-order chi connectivity index (χ0) is 10.4. The molecule has 0 saturated carbocycles. The van der Waals surface area contributed by atoms with E-state index >= 15 is 0 Å². The van der Waals surface area contributed by atoms with Gasteiger partial charge in [-0.3, -0.25) is 0 Å². The number of hydrogen-bond acceptors (Lipinski definition) is 2. The average molecular weight is 176 g/mol. The second-order valence-corrected chi connectivity index (χ2v) is 2.30. The van der Waals surface area contributed by atoms with Crippen molar-refractivity contribution in [2.24, 2.45) is 5.73 Å². The summed E-state index contributed by atoms with van der Waals surface area (Å²) in [7, 11) is 2.14. The van der Waals surface area contributed by atoms with Gasteiger partial charge in [0, 0.05) is 0 Å². The molecule has 0 bridgehead atoms. The van der Waals surface area contributed by atoms with Gasteiger partial charge in [-0.15, -0.1) is 0 Å². The Balaban J connectivity index is -0.000000137. The smallest absolute Gasteiger partial charge is 0.00245 e. The molecule has 0 rings (SSSR count). The van der Waals surface area contributed by atoms with Crippen LogP contribution in [-0.4, -0.2) is 31.6 Å². The van der Waals surface area contributed by atoms with Crippen LogP contribution in [0.15, 0.2) is 0 Å². The van der Waals surface area contributed by atoms with Crippen LogP contribution in [0, 0.1) is 0 Å². The van der Waals surface area contributed by atoms with Gasteiger partial charge < -0.3 is 10.6 Å². The summed E-state index contributed by atoms with van der Waals surface area (Å²) < 4.78 is 0. The van der Waals surface area contributed by atoms with Crippen molar-refractivity contribution >= 4 is 0 Å². The van der Waals surface area contributed by atoms with E-state index in [0.29, 0.717) is 0 Å². The van der Waals surface area contributed by atoms with E-state index in [-0.39, 0.29) is 0 Å². The maximum absolute atomic E-state index is 4.85. The van der Waals surface area contributed by atoms with Crippen molar-refractivity contribution in [3.05, 3.63) is 0 Å². The molecular formula is C10H28N2. The predicted molar refractivity (Wildman–Crippen MR) is 59.5 cm³/mol. The van der Waals surface area contributed by atoms with E-state index in [1.54, 1.807) is 0 Å². The summed E-state index contributed by atoms with van der Waals surface area (Å²) in [5.41, 5.74) is 4.85. The summed E-state index contributed by atoms with van der Waals surface area (Å²) in [6.07, 6.45) is 1.27. The normalized spacial score (nSPS) is 8.00. The predicted octanol–water partition coefficient (Wildman–Crippen LogP) is 2.34. The molecule has 78 valence electrons. The van der Waals surface area contributed by atoms with Crippen molar-refractivity contribution in [3.8, 4) is 0 Å². The molecule has 0 heterocycles. The molecule has 0 spiro atoms. The van der Waals surface area contributed by atoms with Crippen molar-refractivity contribution in [3.63, 3.8) is 0 Å². The molecule has 2 N–H and O–H groups in total. The van der Waals surface area contributed by atoms with Gasteiger partial charge in [0.15, 0.2) is 0 Å². The summed E-state index contributed by atoms with van der Waals surface area (Å²) in [4.78, 5) is 2.31. The van der Waals surface area contributed by atoms with Crippen LogP contribution in [0.4, 0.5) is 0 Å². The van der Waals surface area contributed by atoms with Crippen LogP contribution in [0.3, 0.4) is 0 Å². The van der Waals surface area contributed by atoms with Gasteiger partial charge in [-0.2, -0.15) is 0 Å². The third kappa shape index (κ3) is 32.6. The minimum atomic E-state index is 0.750. The minimum Gasteiger partial charge on any atom is -0.331 e. The summed E-state index contributed by atoms with van der Waals surface area (Å²) >= 11 is 0. The van der Waals surface area contributed by atoms with Crippen molar-refractivity contribution < 1.29 is 0 Å². The molecule has 2 heteroatoms. The summed E-state index contributed by atoms with van der Waals surface area (Å²) in [6, 6.07) is 0. The fourth-order valence-electron chi connectivity index (χ4n) is 0.540. The molecular weight excluding hydrogens is 148 g/mol. The highest BCUT2D eigenvalue weighted by molar-refractivity contribution is 4.41. The Labute approximate surface area is 79.1 Å². The van der Waals surface area contributed by atoms with Crippen molar-refractivity contribution in [2.45, 2.75) is 41.0 Å². The zero-order valence-corrected chi connectivity index (χ0v) is 9.85. The van der Waals surface area contributed by atoms with E-state index in [1.807, 2.05) is 20.8 Å². The number of nitrogens with zero attached hydrogens (tertiary/aromatic N) is 1. The van der Waals surface area contributed by atoms with Crippen molar-refractivity contribution in [1.29, 1.82) is 0 Å². The SMILES string of the molecule is CC.CCCN(C)CC.CCN. The highest BCUT2D eigenvalue weighted by atomic mass is 15.1. The first-order chi connectivity index (χ1) is 5.72. The van der Waals surface area contributed by atoms with Gasteiger partial charge in [-0.1, -0.05) is 34.6 Å². The van der Waals surface area contributed by atoms with Gasteiger partial charge >= 0.3 is 0 Å². The number of hydrogen-bond donors (Lipinski definition) is 1. The van der Waals surface area contributed by atoms with Gasteiger partial charge in [0.05, 0.1) is 0 Å². The van der Waals surface area contributed by atoms with Gasteiger partial charge in [0.25, 0.3) is 0 Å². The van der Waals surface area contributed by atoms with Crippen LogP contribution in [-0.2, 0) is 0 Å². The lowest BCUT2D eigenvalue weighted by atomic mass is 10.4. The largest absolute Gasteiger partial charge is 0.331 e. The summed E-state index contributed by atoms with van der Waals surface area (Å²) in [6.45, 7) is 13.4. The zero-order valence-electron chi connectivity index (χ0n) is 9.85. The fraction of sp³-hybridized carbons (Fsp3) is 1.00. The molecule has 0 aromatic rings. The molecule has 0 aliphatic rings. The van der Waals surface area contributed by atoms with Gasteiger partial charge in [-0.25, -0.2) is 0 Å². The van der Waals surface area contributed by atoms with E-state index in [0.717, 1.165) is 6.54 Å². The molecule has 0 aromatic heterocycles. The average Bonchev–Trinajstić information content (AvgIpc) is 2.10. The van der Waals surface area contributed by atoms with Crippen LogP contribution < -0.4 is 5.73 Å².